The van der Waals surface area contributed by atoms with Crippen molar-refractivity contribution >= 4 is 34.9 Å². The number of anilines is 2. The minimum atomic E-state index is -0.550. The Bertz CT molecular complexity index is 754. The van der Waals surface area contributed by atoms with Crippen molar-refractivity contribution in [2.75, 3.05) is 16.8 Å². The molecule has 0 spiro atoms. The van der Waals surface area contributed by atoms with E-state index in [1.165, 1.54) is 23.1 Å². The molecule has 1 saturated heterocycles. The molecule has 2 aromatic rings. The zero-order chi connectivity index (χ0) is 16.4. The second kappa shape index (κ2) is 6.34. The second-order valence-electron chi connectivity index (χ2n) is 5.21. The lowest BCUT2D eigenvalue weighted by molar-refractivity contribution is -0.122. The summed E-state index contributed by atoms with van der Waals surface area (Å²) >= 11 is 5.75. The van der Waals surface area contributed by atoms with Crippen LogP contribution in [-0.2, 0) is 9.59 Å². The number of amides is 2. The lowest BCUT2D eigenvalue weighted by atomic mass is 10.1. The van der Waals surface area contributed by atoms with Gasteiger partial charge in [0.25, 0.3) is 0 Å². The number of pyridine rings is 1. The number of aromatic nitrogens is 1. The largest absolute Gasteiger partial charge is 0.312 e. The highest BCUT2D eigenvalue weighted by Gasteiger charge is 2.35. The average Bonchev–Trinajstić information content (AvgIpc) is 2.93. The Balaban J connectivity index is 1.71. The Morgan fingerprint density at radius 2 is 2.17 bits per heavy atom. The summed E-state index contributed by atoms with van der Waals surface area (Å²) in [5.41, 5.74) is 0.481. The third kappa shape index (κ3) is 3.32. The molecule has 0 aliphatic carbocycles. The fraction of sp³-hybridized carbons (Fsp3) is 0.188. The average molecular weight is 334 g/mol. The summed E-state index contributed by atoms with van der Waals surface area (Å²) in [6.45, 7) is 0.222. The van der Waals surface area contributed by atoms with Crippen LogP contribution in [0.1, 0.15) is 6.42 Å². The minimum absolute atomic E-state index is 0.0586. The van der Waals surface area contributed by atoms with Crippen LogP contribution in [0.15, 0.2) is 42.6 Å². The van der Waals surface area contributed by atoms with Gasteiger partial charge in [0, 0.05) is 24.8 Å². The molecule has 1 aromatic heterocycles. The van der Waals surface area contributed by atoms with Crippen molar-refractivity contribution in [3.05, 3.63) is 53.4 Å². The van der Waals surface area contributed by atoms with Gasteiger partial charge in [-0.25, -0.2) is 9.37 Å². The summed E-state index contributed by atoms with van der Waals surface area (Å²) in [5, 5.41) is 2.62. The number of carbonyl (C=O) groups is 2. The predicted molar refractivity (Wildman–Crippen MR) is 84.7 cm³/mol. The molecule has 1 atom stereocenters. The van der Waals surface area contributed by atoms with Crippen LogP contribution in [-0.4, -0.2) is 23.3 Å². The molecular formula is C16H13ClFN3O2. The Labute approximate surface area is 137 Å². The Morgan fingerprint density at radius 1 is 1.35 bits per heavy atom. The highest BCUT2D eigenvalue weighted by molar-refractivity contribution is 6.31. The molecular weight excluding hydrogens is 321 g/mol. The maximum atomic E-state index is 13.2. The fourth-order valence-corrected chi connectivity index (χ4v) is 2.63. The van der Waals surface area contributed by atoms with Crippen molar-refractivity contribution in [2.24, 2.45) is 5.92 Å². The lowest BCUT2D eigenvalue weighted by Gasteiger charge is -2.17. The van der Waals surface area contributed by atoms with Crippen LogP contribution in [0, 0.1) is 11.7 Å². The van der Waals surface area contributed by atoms with Crippen molar-refractivity contribution in [1.82, 2.24) is 4.98 Å². The van der Waals surface area contributed by atoms with Crippen LogP contribution >= 0.6 is 11.6 Å². The van der Waals surface area contributed by atoms with Crippen molar-refractivity contribution in [3.8, 4) is 0 Å². The molecule has 23 heavy (non-hydrogen) atoms. The van der Waals surface area contributed by atoms with E-state index in [-0.39, 0.29) is 29.8 Å². The van der Waals surface area contributed by atoms with E-state index in [4.69, 9.17) is 11.6 Å². The number of hydrogen-bond acceptors (Lipinski definition) is 3. The molecule has 2 amide bonds. The topological polar surface area (TPSA) is 62.3 Å². The molecule has 0 bridgehead atoms. The predicted octanol–water partition coefficient (Wildman–Crippen LogP) is 2.87. The van der Waals surface area contributed by atoms with Gasteiger partial charge in [-0.05, 0) is 30.3 Å². The van der Waals surface area contributed by atoms with E-state index in [0.717, 1.165) is 0 Å². The summed E-state index contributed by atoms with van der Waals surface area (Å²) < 4.78 is 13.2. The Morgan fingerprint density at radius 3 is 2.87 bits per heavy atom. The number of halogens is 2. The zero-order valence-electron chi connectivity index (χ0n) is 12.0. The fourth-order valence-electron chi connectivity index (χ4n) is 2.45. The molecule has 1 N–H and O–H groups in total. The molecule has 1 unspecified atom stereocenters. The third-order valence-electron chi connectivity index (χ3n) is 3.63. The van der Waals surface area contributed by atoms with E-state index in [0.29, 0.717) is 11.5 Å². The van der Waals surface area contributed by atoms with Crippen molar-refractivity contribution in [3.63, 3.8) is 0 Å². The number of rotatable bonds is 3. The summed E-state index contributed by atoms with van der Waals surface area (Å²) in [4.78, 5) is 29.8. The molecule has 1 aliphatic heterocycles. The molecule has 0 saturated carbocycles. The van der Waals surface area contributed by atoms with Gasteiger partial charge in [0.15, 0.2) is 0 Å². The number of nitrogens with zero attached hydrogens (tertiary/aromatic N) is 2. The zero-order valence-corrected chi connectivity index (χ0v) is 12.8. The van der Waals surface area contributed by atoms with Crippen molar-refractivity contribution < 1.29 is 14.0 Å². The van der Waals surface area contributed by atoms with Crippen LogP contribution < -0.4 is 10.2 Å². The van der Waals surface area contributed by atoms with Gasteiger partial charge in [-0.1, -0.05) is 17.7 Å². The van der Waals surface area contributed by atoms with Gasteiger partial charge >= 0.3 is 0 Å². The Hall–Kier alpha value is -2.47. The van der Waals surface area contributed by atoms with Crippen LogP contribution in [0.4, 0.5) is 15.9 Å². The van der Waals surface area contributed by atoms with Gasteiger partial charge < -0.3 is 10.2 Å². The summed E-state index contributed by atoms with van der Waals surface area (Å²) in [6, 6.07) is 9.23. The Kier molecular flexibility index (Phi) is 4.25. The quantitative estimate of drug-likeness (QED) is 0.939. The van der Waals surface area contributed by atoms with Crippen LogP contribution in [0.2, 0.25) is 5.02 Å². The molecule has 7 heteroatoms. The maximum Gasteiger partial charge on any atom is 0.230 e. The SMILES string of the molecule is O=C(Nc1ccccn1)C1CC(=O)N(c2ccc(F)c(Cl)c2)C1. The molecule has 2 heterocycles. The lowest BCUT2D eigenvalue weighted by Crippen LogP contribution is -2.28. The molecule has 3 rings (SSSR count). The van der Waals surface area contributed by atoms with Gasteiger partial charge in [0.1, 0.15) is 11.6 Å². The molecule has 1 aromatic carbocycles. The van der Waals surface area contributed by atoms with Gasteiger partial charge in [0.2, 0.25) is 11.8 Å². The molecule has 1 aliphatic rings. The molecule has 1 fully saturated rings. The van der Waals surface area contributed by atoms with Crippen molar-refractivity contribution in [1.29, 1.82) is 0 Å². The second-order valence-corrected chi connectivity index (χ2v) is 5.62. The highest BCUT2D eigenvalue weighted by atomic mass is 35.5. The first kappa shape index (κ1) is 15.4. The van der Waals surface area contributed by atoms with E-state index in [2.05, 4.69) is 10.3 Å². The number of benzene rings is 1. The monoisotopic (exact) mass is 333 g/mol. The van der Waals surface area contributed by atoms with E-state index >= 15 is 0 Å². The first-order valence-electron chi connectivity index (χ1n) is 7.02. The standard InChI is InChI=1S/C16H13ClFN3O2/c17-12-8-11(4-5-13(12)18)21-9-10(7-15(21)22)16(23)20-14-3-1-2-6-19-14/h1-6,8,10H,7,9H2,(H,19,20,23). The van der Waals surface area contributed by atoms with Gasteiger partial charge in [-0.2, -0.15) is 0 Å². The summed E-state index contributed by atoms with van der Waals surface area (Å²) in [5.74, 6) is -1.07. The highest BCUT2D eigenvalue weighted by Crippen LogP contribution is 2.29. The van der Waals surface area contributed by atoms with Gasteiger partial charge in [-0.15, -0.1) is 0 Å². The third-order valence-corrected chi connectivity index (χ3v) is 3.92. The number of hydrogen-bond donors (Lipinski definition) is 1. The molecule has 0 radical (unpaired) electrons. The summed E-state index contributed by atoms with van der Waals surface area (Å²) in [6.07, 6.45) is 1.66. The van der Waals surface area contributed by atoms with E-state index in [1.54, 1.807) is 24.4 Å². The number of carbonyl (C=O) groups excluding carboxylic acids is 2. The van der Waals surface area contributed by atoms with Gasteiger partial charge in [-0.3, -0.25) is 9.59 Å². The van der Waals surface area contributed by atoms with E-state index in [9.17, 15) is 14.0 Å². The smallest absolute Gasteiger partial charge is 0.230 e. The maximum absolute atomic E-state index is 13.2. The minimum Gasteiger partial charge on any atom is -0.312 e. The van der Waals surface area contributed by atoms with Crippen molar-refractivity contribution in [2.45, 2.75) is 6.42 Å². The normalized spacial score (nSPS) is 17.4. The van der Waals surface area contributed by atoms with Crippen LogP contribution in [0.25, 0.3) is 0 Å². The van der Waals surface area contributed by atoms with E-state index < -0.39 is 11.7 Å². The van der Waals surface area contributed by atoms with Crippen LogP contribution in [0.3, 0.4) is 0 Å². The first-order valence-corrected chi connectivity index (χ1v) is 7.39. The molecule has 118 valence electrons. The first-order chi connectivity index (χ1) is 11.0. The van der Waals surface area contributed by atoms with E-state index in [1.807, 2.05) is 0 Å². The number of nitrogens with one attached hydrogen (secondary N) is 1. The van der Waals surface area contributed by atoms with Gasteiger partial charge in [0.05, 0.1) is 10.9 Å². The molecule has 5 nitrogen and oxygen atoms in total. The van der Waals surface area contributed by atoms with Crippen LogP contribution in [0.5, 0.6) is 0 Å². The summed E-state index contributed by atoms with van der Waals surface area (Å²) in [7, 11) is 0.